The third-order valence-corrected chi connectivity index (χ3v) is 10.8. The van der Waals surface area contributed by atoms with E-state index in [0.29, 0.717) is 37.0 Å². The number of unbranched alkanes of at least 4 members (excludes halogenated alkanes) is 1. The summed E-state index contributed by atoms with van der Waals surface area (Å²) in [5.41, 5.74) is 8.60. The quantitative estimate of drug-likeness (QED) is 0.0862. The van der Waals surface area contributed by atoms with Crippen molar-refractivity contribution in [3.05, 3.63) is 95.1 Å². The van der Waals surface area contributed by atoms with E-state index in [1.165, 1.54) is 0 Å². The van der Waals surface area contributed by atoms with E-state index in [2.05, 4.69) is 83.9 Å². The zero-order valence-corrected chi connectivity index (χ0v) is 32.7. The van der Waals surface area contributed by atoms with Crippen molar-refractivity contribution < 1.29 is 18.8 Å². The molecule has 3 aromatic carbocycles. The van der Waals surface area contributed by atoms with Crippen molar-refractivity contribution in [2.45, 2.75) is 90.8 Å². The van der Waals surface area contributed by atoms with Gasteiger partial charge in [0.1, 0.15) is 12.4 Å². The molecule has 1 aromatic heterocycles. The molecule has 278 valence electrons. The predicted octanol–water partition coefficient (Wildman–Crippen LogP) is 9.36. The Balaban J connectivity index is 1.32. The molecular formula is C43H56N4O4S. The third kappa shape index (κ3) is 10.5. The number of aryl methyl sites for hydroxylation is 3. The number of hydrogen-bond acceptors (Lipinski definition) is 6. The lowest BCUT2D eigenvalue weighted by atomic mass is 9.96. The SMILES string of the molecule is CCCCOCCOc1ccc(-c2ccc3c(c2)C=C(C(=O)Nc2ccc([S+]([O-])Cc4c(C)ncn4CCC)c(C)c2)CCCN3CC(C)C)cc1. The monoisotopic (exact) mass is 724 g/mol. The Hall–Kier alpha value is -4.05. The molecule has 5 rings (SSSR count). The summed E-state index contributed by atoms with van der Waals surface area (Å²) in [4.78, 5) is 21.5. The number of nitrogens with one attached hydrogen (secondary N) is 1. The second kappa shape index (κ2) is 19.1. The summed E-state index contributed by atoms with van der Waals surface area (Å²) in [5.74, 6) is 1.63. The molecule has 0 aliphatic carbocycles. The van der Waals surface area contributed by atoms with Crippen LogP contribution in [-0.4, -0.2) is 52.9 Å². The van der Waals surface area contributed by atoms with Crippen LogP contribution in [0.2, 0.25) is 0 Å². The fraction of sp³-hybridized carbons (Fsp3) is 0.442. The second-order valence-corrected chi connectivity index (χ2v) is 15.5. The van der Waals surface area contributed by atoms with E-state index in [0.717, 1.165) is 107 Å². The molecule has 0 saturated heterocycles. The molecule has 8 nitrogen and oxygen atoms in total. The van der Waals surface area contributed by atoms with Gasteiger partial charge in [-0.3, -0.25) is 4.79 Å². The normalized spacial score (nSPS) is 13.7. The first-order valence-electron chi connectivity index (χ1n) is 18.9. The number of anilines is 2. The molecule has 4 aromatic rings. The predicted molar refractivity (Wildman–Crippen MR) is 215 cm³/mol. The number of carbonyl (C=O) groups excluding carboxylic acids is 1. The number of carbonyl (C=O) groups is 1. The van der Waals surface area contributed by atoms with Crippen molar-refractivity contribution in [2.75, 3.05) is 43.1 Å². The van der Waals surface area contributed by atoms with E-state index in [-0.39, 0.29) is 5.91 Å². The van der Waals surface area contributed by atoms with Crippen LogP contribution in [0.3, 0.4) is 0 Å². The highest BCUT2D eigenvalue weighted by molar-refractivity contribution is 7.90. The molecule has 1 aliphatic rings. The number of amides is 1. The van der Waals surface area contributed by atoms with E-state index in [1.54, 1.807) is 0 Å². The van der Waals surface area contributed by atoms with Crippen LogP contribution < -0.4 is 15.0 Å². The van der Waals surface area contributed by atoms with Crippen LogP contribution in [0.15, 0.2) is 77.5 Å². The minimum atomic E-state index is -1.24. The van der Waals surface area contributed by atoms with Crippen molar-refractivity contribution in [3.63, 3.8) is 0 Å². The summed E-state index contributed by atoms with van der Waals surface area (Å²) >= 11 is -1.24. The lowest BCUT2D eigenvalue weighted by Crippen LogP contribution is -2.30. The highest BCUT2D eigenvalue weighted by Gasteiger charge is 2.22. The number of ether oxygens (including phenoxy) is 2. The fourth-order valence-corrected chi connectivity index (χ4v) is 8.04. The number of rotatable bonds is 17. The number of hydrogen-bond donors (Lipinski definition) is 1. The van der Waals surface area contributed by atoms with Gasteiger partial charge in [0.05, 0.1) is 24.3 Å². The van der Waals surface area contributed by atoms with E-state index < -0.39 is 11.2 Å². The second-order valence-electron chi connectivity index (χ2n) is 14.1. The molecule has 1 atom stereocenters. The minimum absolute atomic E-state index is 0.110. The standard InChI is InChI=1S/C43H56N4O4S/c1-7-9-22-50-23-24-51-39-16-12-34(13-17-39)35-14-18-40-37(26-35)27-36(11-10-21-46(40)28-31(3)4)43(48)45-38-15-19-42(32(5)25-38)52(49)29-41-33(6)44-30-47(41)20-8-2/h12-19,25-27,30-31H,7-11,20-24,28-29H2,1-6H3,(H,45,48). The highest BCUT2D eigenvalue weighted by Crippen LogP contribution is 2.34. The number of fused-ring (bicyclic) bond motifs is 1. The Morgan fingerprint density at radius 3 is 2.50 bits per heavy atom. The average molecular weight is 725 g/mol. The maximum Gasteiger partial charge on any atom is 0.251 e. The maximum atomic E-state index is 13.8. The molecule has 1 amide bonds. The van der Waals surface area contributed by atoms with Crippen LogP contribution in [0.5, 0.6) is 5.75 Å². The first-order chi connectivity index (χ1) is 25.2. The molecule has 9 heteroatoms. The van der Waals surface area contributed by atoms with Crippen LogP contribution in [0, 0.1) is 19.8 Å². The first kappa shape index (κ1) is 39.2. The highest BCUT2D eigenvalue weighted by atomic mass is 32.2. The van der Waals surface area contributed by atoms with Gasteiger partial charge >= 0.3 is 0 Å². The van der Waals surface area contributed by atoms with Crippen molar-refractivity contribution >= 4 is 34.5 Å². The number of benzene rings is 3. The summed E-state index contributed by atoms with van der Waals surface area (Å²) in [5, 5.41) is 3.15. The zero-order chi connectivity index (χ0) is 37.0. The average Bonchev–Trinajstić information content (AvgIpc) is 3.45. The van der Waals surface area contributed by atoms with E-state index in [1.807, 2.05) is 50.5 Å². The molecule has 0 fully saturated rings. The molecule has 0 bridgehead atoms. The maximum absolute atomic E-state index is 13.8. The Morgan fingerprint density at radius 1 is 0.981 bits per heavy atom. The molecule has 1 N–H and O–H groups in total. The van der Waals surface area contributed by atoms with E-state index >= 15 is 0 Å². The van der Waals surface area contributed by atoms with Gasteiger partial charge in [0.2, 0.25) is 0 Å². The topological polar surface area (TPSA) is 91.7 Å². The van der Waals surface area contributed by atoms with E-state index in [4.69, 9.17) is 9.47 Å². The smallest absolute Gasteiger partial charge is 0.251 e. The Kier molecular flexibility index (Phi) is 14.4. The van der Waals surface area contributed by atoms with Crippen LogP contribution in [0.25, 0.3) is 17.2 Å². The van der Waals surface area contributed by atoms with Gasteiger partial charge in [-0.1, -0.05) is 52.3 Å². The summed E-state index contributed by atoms with van der Waals surface area (Å²) < 4.78 is 27.1. The largest absolute Gasteiger partial charge is 0.611 e. The van der Waals surface area contributed by atoms with Gasteiger partial charge < -0.3 is 28.8 Å². The van der Waals surface area contributed by atoms with Gasteiger partial charge in [0, 0.05) is 48.8 Å². The number of nitrogens with zero attached hydrogens (tertiary/aromatic N) is 3. The van der Waals surface area contributed by atoms with Gasteiger partial charge in [-0.15, -0.1) is 0 Å². The van der Waals surface area contributed by atoms with Crippen molar-refractivity contribution in [1.82, 2.24) is 9.55 Å². The molecule has 2 heterocycles. The lowest BCUT2D eigenvalue weighted by Gasteiger charge is -2.30. The first-order valence-corrected chi connectivity index (χ1v) is 20.2. The summed E-state index contributed by atoms with van der Waals surface area (Å²) in [7, 11) is 0. The minimum Gasteiger partial charge on any atom is -0.611 e. The molecule has 0 radical (unpaired) electrons. The molecule has 52 heavy (non-hydrogen) atoms. The Bertz CT molecular complexity index is 1800. The van der Waals surface area contributed by atoms with Crippen LogP contribution in [0.4, 0.5) is 11.4 Å². The summed E-state index contributed by atoms with van der Waals surface area (Å²) in [6.07, 6.45) is 8.63. The van der Waals surface area contributed by atoms with Gasteiger partial charge in [-0.2, -0.15) is 0 Å². The fourth-order valence-electron chi connectivity index (χ4n) is 6.62. The molecule has 1 aliphatic heterocycles. The van der Waals surface area contributed by atoms with Crippen molar-refractivity contribution in [3.8, 4) is 16.9 Å². The number of imidazole rings is 1. The van der Waals surface area contributed by atoms with Crippen molar-refractivity contribution in [1.29, 1.82) is 0 Å². The molecular weight excluding hydrogens is 669 g/mol. The molecule has 0 saturated carbocycles. The van der Waals surface area contributed by atoms with Crippen LogP contribution in [0.1, 0.15) is 82.3 Å². The Morgan fingerprint density at radius 2 is 1.77 bits per heavy atom. The lowest BCUT2D eigenvalue weighted by molar-refractivity contribution is -0.112. The zero-order valence-electron chi connectivity index (χ0n) is 31.9. The van der Waals surface area contributed by atoms with Gasteiger partial charge in [-0.05, 0) is 122 Å². The number of aromatic nitrogens is 2. The summed E-state index contributed by atoms with van der Waals surface area (Å²) in [6, 6.07) is 20.4. The third-order valence-electron chi connectivity index (χ3n) is 9.34. The Labute approximate surface area is 313 Å². The van der Waals surface area contributed by atoms with Crippen molar-refractivity contribution in [2.24, 2.45) is 5.92 Å². The van der Waals surface area contributed by atoms with Gasteiger partial charge in [0.15, 0.2) is 10.6 Å². The summed E-state index contributed by atoms with van der Waals surface area (Å²) in [6.45, 7) is 17.3. The molecule has 1 unspecified atom stereocenters. The van der Waals surface area contributed by atoms with Crippen LogP contribution >= 0.6 is 0 Å². The van der Waals surface area contributed by atoms with Crippen LogP contribution in [-0.2, 0) is 33.0 Å². The van der Waals surface area contributed by atoms with Gasteiger partial charge in [-0.25, -0.2) is 4.98 Å². The van der Waals surface area contributed by atoms with Gasteiger partial charge in [0.25, 0.3) is 5.91 Å². The molecule has 0 spiro atoms. The van der Waals surface area contributed by atoms with E-state index in [9.17, 15) is 9.35 Å².